The summed E-state index contributed by atoms with van der Waals surface area (Å²) < 4.78 is 7.52. The molecule has 0 fully saturated rings. The summed E-state index contributed by atoms with van der Waals surface area (Å²) in [6, 6.07) is 9.81. The van der Waals surface area contributed by atoms with Gasteiger partial charge in [-0.3, -0.25) is 23.9 Å². The molecule has 3 aromatic rings. The van der Waals surface area contributed by atoms with Crippen LogP contribution >= 0.6 is 11.6 Å². The molecule has 2 aromatic carbocycles. The number of aryl methyl sites for hydroxylation is 1. The van der Waals surface area contributed by atoms with Crippen LogP contribution in [0.4, 0.5) is 0 Å². The Balaban J connectivity index is 1.57. The van der Waals surface area contributed by atoms with Crippen molar-refractivity contribution in [1.82, 2.24) is 36.3 Å². The summed E-state index contributed by atoms with van der Waals surface area (Å²) in [6.45, 7) is 6.22. The lowest BCUT2D eigenvalue weighted by Crippen LogP contribution is -2.54. The van der Waals surface area contributed by atoms with Crippen LogP contribution in [0, 0.1) is 5.92 Å². The van der Waals surface area contributed by atoms with Gasteiger partial charge >= 0.3 is 0 Å². The molecule has 2 heterocycles. The number of benzene rings is 2. The van der Waals surface area contributed by atoms with Gasteiger partial charge in [0.2, 0.25) is 11.8 Å². The van der Waals surface area contributed by atoms with E-state index in [1.54, 1.807) is 74.1 Å². The summed E-state index contributed by atoms with van der Waals surface area (Å²) in [5.41, 5.74) is 1.87. The number of carbonyl (C=O) groups excluding carboxylic acids is 4. The summed E-state index contributed by atoms with van der Waals surface area (Å²) >= 11 is 6.17. The molecule has 0 saturated carbocycles. The zero-order valence-corrected chi connectivity index (χ0v) is 24.4. The highest BCUT2D eigenvalue weighted by atomic mass is 35.5. The summed E-state index contributed by atoms with van der Waals surface area (Å²) in [6.07, 6.45) is 2.27. The van der Waals surface area contributed by atoms with Crippen molar-refractivity contribution in [2.24, 2.45) is 5.92 Å². The van der Waals surface area contributed by atoms with E-state index in [4.69, 9.17) is 16.3 Å². The van der Waals surface area contributed by atoms with Gasteiger partial charge in [-0.25, -0.2) is 0 Å². The van der Waals surface area contributed by atoms with Crippen molar-refractivity contribution in [3.63, 3.8) is 0 Å². The topological polar surface area (TPSA) is 156 Å². The highest BCUT2D eigenvalue weighted by molar-refractivity contribution is 6.30. The van der Waals surface area contributed by atoms with Gasteiger partial charge in [0.05, 0.1) is 24.9 Å². The van der Waals surface area contributed by atoms with Crippen molar-refractivity contribution in [2.45, 2.75) is 58.9 Å². The molecular formula is C29H34ClN7O5. The number of fused-ring (bicyclic) bond motifs is 5. The van der Waals surface area contributed by atoms with E-state index in [0.717, 1.165) is 0 Å². The van der Waals surface area contributed by atoms with E-state index in [0.29, 0.717) is 46.1 Å². The minimum Gasteiger partial charge on any atom is -0.493 e. The molecule has 1 aliphatic heterocycles. The van der Waals surface area contributed by atoms with Gasteiger partial charge in [-0.05, 0) is 48.7 Å². The molecule has 0 unspecified atom stereocenters. The maximum atomic E-state index is 13.1. The molecule has 4 N–H and O–H groups in total. The van der Waals surface area contributed by atoms with Crippen LogP contribution in [0.5, 0.6) is 5.75 Å². The predicted molar refractivity (Wildman–Crippen MR) is 155 cm³/mol. The standard InChI is InChI=1S/C29H34ClN7O5/c1-17(2)25-29(41)33-18(3)26(38)32-15-22-16-37(36-35-22)10-5-11-42-24-13-21(30)8-9-23(24)28(40)31-14-19-6-4-7-20(12-19)27(39)34-25/h4,6-9,12-13,16-18,25H,5,10-11,14-15H2,1-3H3,(H,31,40)(H,32,38)(H,33,41)(H,34,39)/t18-,25+/m1/s1. The van der Waals surface area contributed by atoms with Gasteiger partial charge in [0.1, 0.15) is 23.5 Å². The monoisotopic (exact) mass is 595 g/mol. The number of aromatic nitrogens is 3. The molecule has 4 bridgehead atoms. The number of nitrogens with zero attached hydrogens (tertiary/aromatic N) is 3. The average molecular weight is 596 g/mol. The lowest BCUT2D eigenvalue weighted by atomic mass is 10.0. The molecular weight excluding hydrogens is 562 g/mol. The second kappa shape index (κ2) is 13.9. The Kier molecular flexibility index (Phi) is 10.1. The van der Waals surface area contributed by atoms with Crippen LogP contribution in [-0.2, 0) is 29.2 Å². The fraction of sp³-hybridized carbons (Fsp3) is 0.379. The molecule has 0 saturated heterocycles. The van der Waals surface area contributed by atoms with E-state index in [9.17, 15) is 19.2 Å². The van der Waals surface area contributed by atoms with Gasteiger partial charge in [-0.15, -0.1) is 5.10 Å². The summed E-state index contributed by atoms with van der Waals surface area (Å²) in [5, 5.41) is 19.6. The number of ether oxygens (including phenoxy) is 1. The molecule has 0 radical (unpaired) electrons. The average Bonchev–Trinajstić information content (AvgIpc) is 3.42. The SMILES string of the molecule is CC(C)[C@@H]1NC(=O)c2cccc(c2)CNC(=O)c2ccc(Cl)cc2OCCCn2cc(nn2)CNC(=O)[C@@H](C)NC1=O. The Labute approximate surface area is 248 Å². The van der Waals surface area contributed by atoms with Gasteiger partial charge in [-0.1, -0.05) is 42.8 Å². The zero-order valence-electron chi connectivity index (χ0n) is 23.6. The van der Waals surface area contributed by atoms with Crippen LogP contribution in [0.15, 0.2) is 48.7 Å². The van der Waals surface area contributed by atoms with Gasteiger partial charge < -0.3 is 26.0 Å². The zero-order chi connectivity index (χ0) is 30.2. The fourth-order valence-electron chi connectivity index (χ4n) is 4.30. The molecule has 1 aliphatic rings. The third-order valence-corrected chi connectivity index (χ3v) is 6.87. The van der Waals surface area contributed by atoms with Crippen LogP contribution < -0.4 is 26.0 Å². The largest absolute Gasteiger partial charge is 0.493 e. The number of carbonyl (C=O) groups is 4. The second-order valence-electron chi connectivity index (χ2n) is 10.3. The number of hydrogen-bond donors (Lipinski definition) is 4. The molecule has 4 rings (SSSR count). The van der Waals surface area contributed by atoms with Gasteiger partial charge in [0, 0.05) is 30.1 Å². The van der Waals surface area contributed by atoms with Crippen LogP contribution in [0.1, 0.15) is 59.2 Å². The van der Waals surface area contributed by atoms with Crippen molar-refractivity contribution in [2.75, 3.05) is 6.61 Å². The van der Waals surface area contributed by atoms with E-state index in [1.807, 2.05) is 0 Å². The maximum Gasteiger partial charge on any atom is 0.255 e. The lowest BCUT2D eigenvalue weighted by molar-refractivity contribution is -0.130. The first kappa shape index (κ1) is 30.5. The van der Waals surface area contributed by atoms with Gasteiger partial charge in [0.25, 0.3) is 11.8 Å². The molecule has 12 nitrogen and oxygen atoms in total. The smallest absolute Gasteiger partial charge is 0.255 e. The summed E-state index contributed by atoms with van der Waals surface area (Å²) in [7, 11) is 0. The lowest BCUT2D eigenvalue weighted by Gasteiger charge is -2.24. The molecule has 4 amide bonds. The first-order valence-corrected chi connectivity index (χ1v) is 14.1. The third-order valence-electron chi connectivity index (χ3n) is 6.64. The number of rotatable bonds is 1. The molecule has 0 spiro atoms. The third kappa shape index (κ3) is 8.06. The minimum absolute atomic E-state index is 0.122. The summed E-state index contributed by atoms with van der Waals surface area (Å²) in [5.74, 6) is -1.61. The van der Waals surface area contributed by atoms with E-state index in [2.05, 4.69) is 31.6 Å². The fourth-order valence-corrected chi connectivity index (χ4v) is 4.46. The predicted octanol–water partition coefficient (Wildman–Crippen LogP) is 2.22. The normalized spacial score (nSPS) is 19.4. The first-order valence-electron chi connectivity index (χ1n) is 13.7. The number of halogens is 1. The van der Waals surface area contributed by atoms with Crippen molar-refractivity contribution < 1.29 is 23.9 Å². The van der Waals surface area contributed by atoms with E-state index >= 15 is 0 Å². The molecule has 222 valence electrons. The quantitative estimate of drug-likeness (QED) is 0.336. The van der Waals surface area contributed by atoms with Crippen molar-refractivity contribution in [1.29, 1.82) is 0 Å². The Bertz CT molecular complexity index is 1460. The maximum absolute atomic E-state index is 13.1. The highest BCUT2D eigenvalue weighted by Gasteiger charge is 2.27. The van der Waals surface area contributed by atoms with Crippen LogP contribution in [0.2, 0.25) is 5.02 Å². The van der Waals surface area contributed by atoms with Crippen LogP contribution in [0.3, 0.4) is 0 Å². The van der Waals surface area contributed by atoms with Gasteiger partial charge in [-0.2, -0.15) is 0 Å². The van der Waals surface area contributed by atoms with Crippen LogP contribution in [-0.4, -0.2) is 57.3 Å². The Hall–Kier alpha value is -4.45. The Morgan fingerprint density at radius 1 is 0.976 bits per heavy atom. The summed E-state index contributed by atoms with van der Waals surface area (Å²) in [4.78, 5) is 51.9. The Morgan fingerprint density at radius 3 is 2.57 bits per heavy atom. The molecule has 1 aromatic heterocycles. The first-order chi connectivity index (χ1) is 20.1. The van der Waals surface area contributed by atoms with E-state index in [1.165, 1.54) is 0 Å². The molecule has 42 heavy (non-hydrogen) atoms. The molecule has 0 aliphatic carbocycles. The van der Waals surface area contributed by atoms with Crippen molar-refractivity contribution >= 4 is 35.2 Å². The molecule has 13 heteroatoms. The van der Waals surface area contributed by atoms with Crippen LogP contribution in [0.25, 0.3) is 0 Å². The minimum atomic E-state index is -0.884. The second-order valence-corrected chi connectivity index (χ2v) is 10.8. The number of hydrogen-bond acceptors (Lipinski definition) is 7. The molecule has 2 atom stereocenters. The van der Waals surface area contributed by atoms with Crippen molar-refractivity contribution in [3.8, 4) is 5.75 Å². The van der Waals surface area contributed by atoms with Gasteiger partial charge in [0.15, 0.2) is 0 Å². The van der Waals surface area contributed by atoms with E-state index < -0.39 is 29.8 Å². The Morgan fingerprint density at radius 2 is 1.79 bits per heavy atom. The number of amides is 4. The van der Waals surface area contributed by atoms with Crippen molar-refractivity contribution in [3.05, 3.63) is 76.1 Å². The van der Waals surface area contributed by atoms with E-state index in [-0.39, 0.29) is 31.5 Å². The number of nitrogens with one attached hydrogen (secondary N) is 4. The highest BCUT2D eigenvalue weighted by Crippen LogP contribution is 2.24.